The van der Waals surface area contributed by atoms with Crippen molar-refractivity contribution < 1.29 is 42.9 Å². The normalized spacial score (nSPS) is 13.1. The molecule has 9 nitrogen and oxygen atoms in total. The van der Waals surface area contributed by atoms with Crippen LogP contribution in [0, 0.1) is 0 Å². The Balaban J connectivity index is 3.96. The minimum atomic E-state index is -1.62. The molecule has 0 rings (SSSR count). The van der Waals surface area contributed by atoms with Gasteiger partial charge in [-0.05, 0) is 51.4 Å². The zero-order chi connectivity index (χ0) is 51.3. The number of aliphatic carboxylic acids is 1. The van der Waals surface area contributed by atoms with Gasteiger partial charge in [-0.2, -0.15) is 0 Å². The minimum absolute atomic E-state index is 0.150. The maximum Gasteiger partial charge on any atom is 0.306 e. The van der Waals surface area contributed by atoms with Gasteiger partial charge in [0.25, 0.3) is 0 Å². The predicted octanol–water partition coefficient (Wildman–Crippen LogP) is 15.7. The van der Waals surface area contributed by atoms with Crippen LogP contribution in [0.3, 0.4) is 0 Å². The topological polar surface area (TPSA) is 111 Å². The molecule has 0 aromatic rings. The van der Waals surface area contributed by atoms with Crippen molar-refractivity contribution in [3.05, 3.63) is 48.6 Å². The van der Waals surface area contributed by atoms with Gasteiger partial charge in [0, 0.05) is 12.8 Å². The van der Waals surface area contributed by atoms with Crippen molar-refractivity contribution in [1.82, 2.24) is 0 Å². The molecule has 0 fully saturated rings. The van der Waals surface area contributed by atoms with Gasteiger partial charge in [-0.3, -0.25) is 9.59 Å². The second-order valence-electron chi connectivity index (χ2n) is 20.9. The van der Waals surface area contributed by atoms with Gasteiger partial charge in [-0.25, -0.2) is 0 Å². The summed E-state index contributed by atoms with van der Waals surface area (Å²) in [5, 5.41) is 11.7. The number of esters is 2. The quantitative estimate of drug-likeness (QED) is 0.0195. The molecular weight excluding hydrogens is 875 g/mol. The van der Waals surface area contributed by atoms with E-state index in [1.807, 2.05) is 21.1 Å². The summed E-state index contributed by atoms with van der Waals surface area (Å²) in [6, 6.07) is 0. The summed E-state index contributed by atoms with van der Waals surface area (Å²) in [6.07, 6.45) is 61.9. The number of carbonyl (C=O) groups excluding carboxylic acids is 3. The number of ether oxygens (including phenoxy) is 4. The van der Waals surface area contributed by atoms with Crippen LogP contribution >= 0.6 is 0 Å². The lowest BCUT2D eigenvalue weighted by molar-refractivity contribution is -0.870. The lowest BCUT2D eigenvalue weighted by Crippen LogP contribution is -2.44. The number of unbranched alkanes of at least 4 members (excludes halogenated alkanes) is 31. The van der Waals surface area contributed by atoms with Gasteiger partial charge in [0.15, 0.2) is 12.4 Å². The molecule has 70 heavy (non-hydrogen) atoms. The lowest BCUT2D eigenvalue weighted by Gasteiger charge is -2.26. The van der Waals surface area contributed by atoms with Crippen LogP contribution in [0.1, 0.15) is 264 Å². The third-order valence-corrected chi connectivity index (χ3v) is 12.8. The highest BCUT2D eigenvalue weighted by Crippen LogP contribution is 2.17. The number of carbonyl (C=O) groups is 3. The highest BCUT2D eigenvalue weighted by Gasteiger charge is 2.22. The van der Waals surface area contributed by atoms with E-state index in [1.165, 1.54) is 173 Å². The smallest absolute Gasteiger partial charge is 0.306 e. The molecule has 2 atom stereocenters. The highest BCUT2D eigenvalue weighted by atomic mass is 16.7. The zero-order valence-corrected chi connectivity index (χ0v) is 46.4. The van der Waals surface area contributed by atoms with E-state index in [2.05, 4.69) is 62.5 Å². The molecule has 0 radical (unpaired) electrons. The van der Waals surface area contributed by atoms with Crippen molar-refractivity contribution >= 4 is 17.9 Å². The van der Waals surface area contributed by atoms with E-state index < -0.39 is 24.3 Å². The number of nitrogens with zero attached hydrogens (tertiary/aromatic N) is 1. The number of quaternary nitrogens is 1. The number of carboxylic acid groups (broad SMARTS) is 1. The maximum absolute atomic E-state index is 12.8. The molecule has 0 aliphatic heterocycles. The van der Waals surface area contributed by atoms with Crippen LogP contribution in [-0.2, 0) is 33.3 Å². The number of allylic oxidation sites excluding steroid dienone is 8. The Kier molecular flexibility index (Phi) is 50.5. The Morgan fingerprint density at radius 2 is 0.814 bits per heavy atom. The van der Waals surface area contributed by atoms with Crippen LogP contribution < -0.4 is 5.11 Å². The largest absolute Gasteiger partial charge is 0.545 e. The second-order valence-corrected chi connectivity index (χ2v) is 20.9. The first kappa shape index (κ1) is 67.2. The van der Waals surface area contributed by atoms with Gasteiger partial charge >= 0.3 is 11.9 Å². The van der Waals surface area contributed by atoms with Crippen LogP contribution in [0.2, 0.25) is 0 Å². The molecule has 0 amide bonds. The third kappa shape index (κ3) is 53.1. The van der Waals surface area contributed by atoms with Crippen molar-refractivity contribution in [2.75, 3.05) is 47.5 Å². The number of hydrogen-bond acceptors (Lipinski definition) is 8. The fourth-order valence-electron chi connectivity index (χ4n) is 8.35. The van der Waals surface area contributed by atoms with E-state index in [4.69, 9.17) is 18.9 Å². The van der Waals surface area contributed by atoms with Gasteiger partial charge in [-0.1, -0.05) is 249 Å². The van der Waals surface area contributed by atoms with Gasteiger partial charge in [0.05, 0.1) is 40.3 Å². The number of rotatable bonds is 54. The Hall–Kier alpha value is -2.75. The van der Waals surface area contributed by atoms with Crippen molar-refractivity contribution in [2.24, 2.45) is 0 Å². The molecular formula is C61H111NO8. The van der Waals surface area contributed by atoms with Crippen molar-refractivity contribution in [3.63, 3.8) is 0 Å². The molecule has 2 unspecified atom stereocenters. The molecule has 9 heteroatoms. The Morgan fingerprint density at radius 3 is 1.21 bits per heavy atom. The summed E-state index contributed by atoms with van der Waals surface area (Å²) in [5.74, 6) is -2.27. The van der Waals surface area contributed by atoms with E-state index in [1.54, 1.807) is 0 Å². The minimum Gasteiger partial charge on any atom is -0.545 e. The zero-order valence-electron chi connectivity index (χ0n) is 46.4. The molecule has 0 bridgehead atoms. The van der Waals surface area contributed by atoms with E-state index in [-0.39, 0.29) is 32.2 Å². The number of hydrogen-bond donors (Lipinski definition) is 0. The van der Waals surface area contributed by atoms with Crippen LogP contribution in [0.25, 0.3) is 0 Å². The molecule has 0 saturated carbocycles. The summed E-state index contributed by atoms with van der Waals surface area (Å²) >= 11 is 0. The van der Waals surface area contributed by atoms with Gasteiger partial charge < -0.3 is 33.3 Å². The van der Waals surface area contributed by atoms with Crippen LogP contribution in [0.4, 0.5) is 0 Å². The number of carboxylic acids is 1. The molecule has 0 heterocycles. The lowest BCUT2D eigenvalue weighted by atomic mass is 10.0. The summed E-state index contributed by atoms with van der Waals surface area (Å²) in [5.41, 5.74) is 0. The average Bonchev–Trinajstić information content (AvgIpc) is 3.33. The van der Waals surface area contributed by atoms with E-state index in [9.17, 15) is 19.5 Å². The van der Waals surface area contributed by atoms with Gasteiger partial charge in [-0.15, -0.1) is 0 Å². The first-order chi connectivity index (χ1) is 34.1. The summed E-state index contributed by atoms with van der Waals surface area (Å²) in [4.78, 5) is 37.1. The van der Waals surface area contributed by atoms with E-state index in [0.29, 0.717) is 17.4 Å². The monoisotopic (exact) mass is 986 g/mol. The number of likely N-dealkylation sites (N-methyl/N-ethyl adjacent to an activating group) is 1. The summed E-state index contributed by atoms with van der Waals surface area (Å²) in [7, 11) is 5.92. The molecule has 408 valence electrons. The van der Waals surface area contributed by atoms with E-state index >= 15 is 0 Å². The Bertz CT molecular complexity index is 1290. The first-order valence-corrected chi connectivity index (χ1v) is 29.3. The van der Waals surface area contributed by atoms with Crippen molar-refractivity contribution in [3.8, 4) is 0 Å². The maximum atomic E-state index is 12.8. The van der Waals surface area contributed by atoms with Crippen LogP contribution in [-0.4, -0.2) is 82.3 Å². The van der Waals surface area contributed by atoms with Crippen LogP contribution in [0.15, 0.2) is 48.6 Å². The molecule has 0 aliphatic rings. The van der Waals surface area contributed by atoms with Gasteiger partial charge in [0.1, 0.15) is 13.2 Å². The van der Waals surface area contributed by atoms with Gasteiger partial charge in [0.2, 0.25) is 0 Å². The fourth-order valence-corrected chi connectivity index (χ4v) is 8.35. The van der Waals surface area contributed by atoms with Crippen molar-refractivity contribution in [1.29, 1.82) is 0 Å². The highest BCUT2D eigenvalue weighted by molar-refractivity contribution is 5.70. The third-order valence-electron chi connectivity index (χ3n) is 12.8. The van der Waals surface area contributed by atoms with Crippen molar-refractivity contribution in [2.45, 2.75) is 277 Å². The molecule has 0 N–H and O–H groups in total. The first-order valence-electron chi connectivity index (χ1n) is 29.3. The predicted molar refractivity (Wildman–Crippen MR) is 292 cm³/mol. The fraction of sp³-hybridized carbons (Fsp3) is 0.820. The molecule has 0 spiro atoms. The average molecular weight is 987 g/mol. The Labute approximate surface area is 432 Å². The van der Waals surface area contributed by atoms with E-state index in [0.717, 1.165) is 64.2 Å². The molecule has 0 aromatic carbocycles. The molecule has 0 aliphatic carbocycles. The standard InChI is InChI=1S/C61H111NO8/c1-6-8-10-12-14-16-18-19-20-21-22-23-24-25-26-27-28-29-30-31-32-33-34-35-36-37-38-39-40-41-42-44-46-48-50-52-59(64)70-57(56-69-61(60(65)66)67-54-53-62(3,4)5)55-68-58(63)51-49-47-45-43-17-15-13-11-9-7-2/h8,10,14,16,19-20,22-23,57,61H,6-7,9,11-13,15,17-18,21,24-56H2,1-5H3/b10-8-,16-14-,20-19-,23-22-. The second kappa shape index (κ2) is 52.6. The van der Waals surface area contributed by atoms with Crippen LogP contribution in [0.5, 0.6) is 0 Å². The molecule has 0 aromatic heterocycles. The molecule has 0 saturated heterocycles. The SMILES string of the molecule is CC/C=C\C/C=C\C/C=C\C/C=C\CCCCCCCCCCCCCCCCCCCCCCCCC(=O)OC(COC(=O)CCCCCCCCCCCC)COC(OCC[N+](C)(C)C)C(=O)[O-]. The summed E-state index contributed by atoms with van der Waals surface area (Å²) in [6.45, 7) is 4.64. The summed E-state index contributed by atoms with van der Waals surface area (Å²) < 4.78 is 22.6. The Morgan fingerprint density at radius 1 is 0.443 bits per heavy atom.